The molecule has 0 radical (unpaired) electrons. The maximum atomic E-state index is 13.5. The topological polar surface area (TPSA) is 160 Å². The molecule has 0 amide bonds. The minimum atomic E-state index is -5.08. The van der Waals surface area contributed by atoms with Crippen LogP contribution in [-0.2, 0) is 36.1 Å². The second kappa shape index (κ2) is 13.9. The molecule has 40 heavy (non-hydrogen) atoms. The lowest BCUT2D eigenvalue weighted by atomic mass is 9.75. The number of ether oxygens (including phenoxy) is 1. The first-order valence-corrected chi connectivity index (χ1v) is 16.3. The van der Waals surface area contributed by atoms with Crippen molar-refractivity contribution in [3.05, 3.63) is 23.9 Å². The summed E-state index contributed by atoms with van der Waals surface area (Å²) >= 11 is 0. The third kappa shape index (κ3) is 8.82. The van der Waals surface area contributed by atoms with Gasteiger partial charge in [0.05, 0.1) is 19.0 Å². The van der Waals surface area contributed by atoms with Gasteiger partial charge in [0.1, 0.15) is 0 Å². The Balaban J connectivity index is 0.000000559. The maximum absolute atomic E-state index is 13.5. The Morgan fingerprint density at radius 3 is 2.25 bits per heavy atom. The number of carbonyl (C=O) groups is 1. The van der Waals surface area contributed by atoms with E-state index in [0.29, 0.717) is 44.3 Å². The number of halogens is 3. The molecular weight excluding hydrogens is 577 g/mol. The van der Waals surface area contributed by atoms with E-state index in [1.807, 2.05) is 0 Å². The molecule has 3 fully saturated rings. The standard InChI is InChI=1S/C22H36N4O5S2.C2HF3O2/c23-14-18-6-7-24-22(13-18)32(27,28)17-19-12-21(20-4-2-1-3-5-20)16-26(15-19)33(29,30)25-8-10-31-11-9-25;3-2(4,5)1(6)7/h6-7,13,19-21H,1-5,8-12,14-17,23H2;(H,6,7)/t19-,21-;/m0./s1. The second-order valence-corrected chi connectivity index (χ2v) is 14.3. The molecule has 11 nitrogen and oxygen atoms in total. The Hall–Kier alpha value is -1.85. The first-order chi connectivity index (χ1) is 18.7. The van der Waals surface area contributed by atoms with Crippen LogP contribution in [0.3, 0.4) is 0 Å². The van der Waals surface area contributed by atoms with E-state index in [-0.39, 0.29) is 35.7 Å². The zero-order chi connectivity index (χ0) is 29.6. The van der Waals surface area contributed by atoms with Gasteiger partial charge in [-0.2, -0.15) is 30.2 Å². The minimum Gasteiger partial charge on any atom is -0.475 e. The van der Waals surface area contributed by atoms with E-state index < -0.39 is 32.2 Å². The van der Waals surface area contributed by atoms with Crippen LogP contribution in [0.15, 0.2) is 23.4 Å². The van der Waals surface area contributed by atoms with E-state index in [0.717, 1.165) is 32.1 Å². The summed E-state index contributed by atoms with van der Waals surface area (Å²) in [5.41, 5.74) is 6.39. The van der Waals surface area contributed by atoms with E-state index in [2.05, 4.69) is 4.98 Å². The summed E-state index contributed by atoms with van der Waals surface area (Å²) in [6.07, 6.45) is 2.85. The van der Waals surface area contributed by atoms with Gasteiger partial charge in [-0.05, 0) is 41.9 Å². The molecule has 228 valence electrons. The van der Waals surface area contributed by atoms with Gasteiger partial charge in [-0.15, -0.1) is 0 Å². The van der Waals surface area contributed by atoms with Crippen molar-refractivity contribution in [2.24, 2.45) is 23.5 Å². The molecule has 0 aromatic carbocycles. The fourth-order valence-corrected chi connectivity index (χ4v) is 8.84. The average Bonchev–Trinajstić information content (AvgIpc) is 2.93. The predicted molar refractivity (Wildman–Crippen MR) is 139 cm³/mol. The first-order valence-electron chi connectivity index (χ1n) is 13.2. The van der Waals surface area contributed by atoms with Gasteiger partial charge >= 0.3 is 12.1 Å². The Labute approximate surface area is 233 Å². The zero-order valence-electron chi connectivity index (χ0n) is 22.1. The van der Waals surface area contributed by atoms with E-state index in [1.165, 1.54) is 23.0 Å². The fraction of sp³-hybridized carbons (Fsp3) is 0.750. The molecule has 1 aromatic heterocycles. The van der Waals surface area contributed by atoms with Crippen molar-refractivity contribution in [2.45, 2.75) is 56.3 Å². The van der Waals surface area contributed by atoms with Gasteiger partial charge in [0.2, 0.25) is 0 Å². The summed E-state index contributed by atoms with van der Waals surface area (Å²) in [5, 5.41) is 7.15. The van der Waals surface area contributed by atoms with Crippen LogP contribution in [0.25, 0.3) is 0 Å². The fourth-order valence-electron chi connectivity index (χ4n) is 5.54. The highest BCUT2D eigenvalue weighted by Gasteiger charge is 2.42. The number of nitrogens with two attached hydrogens (primary N) is 1. The van der Waals surface area contributed by atoms with Crippen LogP contribution < -0.4 is 5.73 Å². The van der Waals surface area contributed by atoms with E-state index in [9.17, 15) is 30.0 Å². The monoisotopic (exact) mass is 614 g/mol. The van der Waals surface area contributed by atoms with Gasteiger partial charge < -0.3 is 15.6 Å². The number of rotatable bonds is 7. The molecular formula is C24H37F3N4O7S2. The lowest BCUT2D eigenvalue weighted by Crippen LogP contribution is -2.54. The number of carboxylic acids is 1. The molecule has 1 aromatic rings. The molecule has 1 saturated carbocycles. The molecule has 16 heteroatoms. The molecule has 3 aliphatic rings. The molecule has 4 rings (SSSR count). The van der Waals surface area contributed by atoms with E-state index >= 15 is 0 Å². The number of alkyl halides is 3. The van der Waals surface area contributed by atoms with Crippen molar-refractivity contribution in [3.8, 4) is 0 Å². The highest BCUT2D eigenvalue weighted by Crippen LogP contribution is 2.38. The van der Waals surface area contributed by atoms with E-state index in [1.54, 1.807) is 10.4 Å². The number of aromatic nitrogens is 1. The van der Waals surface area contributed by atoms with Gasteiger partial charge in [-0.1, -0.05) is 32.1 Å². The average molecular weight is 615 g/mol. The quantitative estimate of drug-likeness (QED) is 0.469. The SMILES string of the molecule is NCc1ccnc(S(=O)(=O)C[C@H]2C[C@H](C3CCCCC3)CN(S(=O)(=O)N3CCOCC3)C2)c1.O=C(O)C(F)(F)F. The van der Waals surface area contributed by atoms with E-state index in [4.69, 9.17) is 20.4 Å². The molecule has 2 aliphatic heterocycles. The van der Waals surface area contributed by atoms with Gasteiger partial charge in [0.25, 0.3) is 10.2 Å². The van der Waals surface area contributed by atoms with Gasteiger partial charge in [0.15, 0.2) is 14.9 Å². The van der Waals surface area contributed by atoms with Gasteiger partial charge in [-0.3, -0.25) is 0 Å². The molecule has 2 atom stereocenters. The van der Waals surface area contributed by atoms with Crippen molar-refractivity contribution in [3.63, 3.8) is 0 Å². The van der Waals surface area contributed by atoms with Crippen LogP contribution in [0, 0.1) is 17.8 Å². The number of pyridine rings is 1. The summed E-state index contributed by atoms with van der Waals surface area (Å²) in [6.45, 7) is 2.39. The molecule has 2 saturated heterocycles. The molecule has 0 bridgehead atoms. The minimum absolute atomic E-state index is 0.0211. The summed E-state index contributed by atoms with van der Waals surface area (Å²) in [4.78, 5) is 13.0. The zero-order valence-corrected chi connectivity index (χ0v) is 23.8. The van der Waals surface area contributed by atoms with Crippen molar-refractivity contribution in [2.75, 3.05) is 45.1 Å². The number of hydrogen-bond donors (Lipinski definition) is 2. The van der Waals surface area contributed by atoms with Crippen molar-refractivity contribution >= 4 is 26.0 Å². The lowest BCUT2D eigenvalue weighted by molar-refractivity contribution is -0.192. The predicted octanol–water partition coefficient (Wildman–Crippen LogP) is 2.04. The number of piperidine rings is 1. The third-order valence-corrected chi connectivity index (χ3v) is 11.3. The largest absolute Gasteiger partial charge is 0.490 e. The van der Waals surface area contributed by atoms with Gasteiger partial charge in [-0.25, -0.2) is 18.2 Å². The number of nitrogens with zero attached hydrogens (tertiary/aromatic N) is 3. The molecule has 3 heterocycles. The second-order valence-electron chi connectivity index (χ2n) is 10.4. The van der Waals surface area contributed by atoms with Crippen molar-refractivity contribution < 1.29 is 44.6 Å². The molecule has 1 aliphatic carbocycles. The number of aliphatic carboxylic acids is 1. The number of hydrogen-bond acceptors (Lipinski definition) is 8. The van der Waals surface area contributed by atoms with Crippen LogP contribution in [-0.4, -0.2) is 92.8 Å². The van der Waals surface area contributed by atoms with Crippen LogP contribution >= 0.6 is 0 Å². The van der Waals surface area contributed by atoms with Crippen LogP contribution in [0.2, 0.25) is 0 Å². The Kier molecular flexibility index (Phi) is 11.3. The van der Waals surface area contributed by atoms with Crippen LogP contribution in [0.4, 0.5) is 13.2 Å². The number of sulfone groups is 1. The third-order valence-electron chi connectivity index (χ3n) is 7.53. The lowest BCUT2D eigenvalue weighted by Gasteiger charge is -2.43. The molecule has 0 unspecified atom stereocenters. The maximum Gasteiger partial charge on any atom is 0.490 e. The Morgan fingerprint density at radius 1 is 1.05 bits per heavy atom. The molecule has 3 N–H and O–H groups in total. The normalized spacial score (nSPS) is 24.2. The smallest absolute Gasteiger partial charge is 0.475 e. The van der Waals surface area contributed by atoms with Crippen molar-refractivity contribution in [1.82, 2.24) is 13.6 Å². The highest BCUT2D eigenvalue weighted by molar-refractivity contribution is 7.91. The highest BCUT2D eigenvalue weighted by atomic mass is 32.2. The molecule has 0 spiro atoms. The number of morpholine rings is 1. The summed E-state index contributed by atoms with van der Waals surface area (Å²) in [7, 11) is -7.32. The Morgan fingerprint density at radius 2 is 1.68 bits per heavy atom. The summed E-state index contributed by atoms with van der Waals surface area (Å²) < 4.78 is 93.4. The van der Waals surface area contributed by atoms with Crippen molar-refractivity contribution in [1.29, 1.82) is 0 Å². The van der Waals surface area contributed by atoms with Crippen LogP contribution in [0.1, 0.15) is 44.1 Å². The van der Waals surface area contributed by atoms with Crippen LogP contribution in [0.5, 0.6) is 0 Å². The first kappa shape index (κ1) is 32.7. The summed E-state index contributed by atoms with van der Waals surface area (Å²) in [6, 6.07) is 3.23. The number of carboxylic acid groups (broad SMARTS) is 1. The van der Waals surface area contributed by atoms with Gasteiger partial charge in [0, 0.05) is 38.9 Å². The Bertz CT molecular complexity index is 1200. The summed E-state index contributed by atoms with van der Waals surface area (Å²) in [5.74, 6) is -2.50.